The van der Waals surface area contributed by atoms with Crippen molar-refractivity contribution in [3.63, 3.8) is 0 Å². The van der Waals surface area contributed by atoms with E-state index in [1.54, 1.807) is 4.68 Å². The van der Waals surface area contributed by atoms with E-state index in [1.165, 1.54) is 6.20 Å². The molecule has 5 rings (SSSR count). The van der Waals surface area contributed by atoms with E-state index in [4.69, 9.17) is 4.98 Å². The SMILES string of the molecule is Cc1nc(Nc2c(C#N)cnn2-c2cc(C)c3cccc(C)c3n2)cc(-c2ccccc2)n1. The number of aromatic nitrogens is 5. The Morgan fingerprint density at radius 1 is 0.879 bits per heavy atom. The molecule has 0 bridgehead atoms. The Balaban J connectivity index is 1.62. The number of hydrogen-bond acceptors (Lipinski definition) is 6. The van der Waals surface area contributed by atoms with Crippen LogP contribution < -0.4 is 5.32 Å². The average molecular weight is 432 g/mol. The van der Waals surface area contributed by atoms with Crippen LogP contribution in [0.15, 0.2) is 66.9 Å². The Bertz CT molecular complexity index is 1530. The van der Waals surface area contributed by atoms with Crippen LogP contribution in [0, 0.1) is 32.1 Å². The van der Waals surface area contributed by atoms with E-state index in [9.17, 15) is 5.26 Å². The molecular formula is C26H21N7. The van der Waals surface area contributed by atoms with Gasteiger partial charge in [0, 0.05) is 17.0 Å². The molecule has 33 heavy (non-hydrogen) atoms. The van der Waals surface area contributed by atoms with Gasteiger partial charge >= 0.3 is 0 Å². The minimum atomic E-state index is 0.400. The summed E-state index contributed by atoms with van der Waals surface area (Å²) in [6, 6.07) is 22.1. The Kier molecular flexibility index (Phi) is 5.04. The summed E-state index contributed by atoms with van der Waals surface area (Å²) in [5.41, 5.74) is 5.27. The molecule has 0 amide bonds. The zero-order valence-corrected chi connectivity index (χ0v) is 18.5. The standard InChI is InChI=1S/C26H21N7/c1-16-8-7-11-21-17(2)12-24(32-25(16)21)33-26(20(14-27)15-28-33)31-23-13-22(29-18(3)30-23)19-9-5-4-6-10-19/h4-13,15H,1-3H3,(H,29,30,31). The van der Waals surface area contributed by atoms with Crippen molar-refractivity contribution in [2.45, 2.75) is 20.8 Å². The number of hydrogen-bond donors (Lipinski definition) is 1. The predicted octanol–water partition coefficient (Wildman–Crippen LogP) is 5.42. The van der Waals surface area contributed by atoms with Gasteiger partial charge < -0.3 is 5.32 Å². The molecule has 0 aliphatic carbocycles. The highest BCUT2D eigenvalue weighted by Crippen LogP contribution is 2.28. The first-order valence-electron chi connectivity index (χ1n) is 10.6. The van der Waals surface area contributed by atoms with Crippen LogP contribution in [0.25, 0.3) is 28.0 Å². The summed E-state index contributed by atoms with van der Waals surface area (Å²) in [6.45, 7) is 5.93. The molecule has 3 aromatic heterocycles. The van der Waals surface area contributed by atoms with Gasteiger partial charge in [-0.15, -0.1) is 0 Å². The van der Waals surface area contributed by atoms with Crippen molar-refractivity contribution in [3.05, 3.63) is 89.4 Å². The molecule has 0 unspecified atom stereocenters. The van der Waals surface area contributed by atoms with Crippen molar-refractivity contribution < 1.29 is 0 Å². The predicted molar refractivity (Wildman–Crippen MR) is 129 cm³/mol. The third kappa shape index (κ3) is 3.79. The first kappa shape index (κ1) is 20.3. The molecular weight excluding hydrogens is 410 g/mol. The second-order valence-electron chi connectivity index (χ2n) is 7.88. The fourth-order valence-corrected chi connectivity index (χ4v) is 3.89. The van der Waals surface area contributed by atoms with Crippen molar-refractivity contribution in [2.75, 3.05) is 5.32 Å². The van der Waals surface area contributed by atoms with E-state index in [1.807, 2.05) is 68.4 Å². The van der Waals surface area contributed by atoms with Gasteiger partial charge in [0.2, 0.25) is 0 Å². The molecule has 0 fully saturated rings. The molecule has 0 saturated carbocycles. The van der Waals surface area contributed by atoms with E-state index >= 15 is 0 Å². The number of benzene rings is 2. The lowest BCUT2D eigenvalue weighted by Gasteiger charge is -2.13. The summed E-state index contributed by atoms with van der Waals surface area (Å²) in [5, 5.41) is 18.6. The normalized spacial score (nSPS) is 10.8. The maximum atomic E-state index is 9.72. The van der Waals surface area contributed by atoms with Crippen molar-refractivity contribution in [3.8, 4) is 23.1 Å². The second-order valence-corrected chi connectivity index (χ2v) is 7.88. The van der Waals surface area contributed by atoms with E-state index < -0.39 is 0 Å². The molecule has 0 saturated heterocycles. The number of fused-ring (bicyclic) bond motifs is 1. The maximum absolute atomic E-state index is 9.72. The van der Waals surface area contributed by atoms with Crippen LogP contribution in [0.1, 0.15) is 22.5 Å². The monoisotopic (exact) mass is 431 g/mol. The summed E-state index contributed by atoms with van der Waals surface area (Å²) >= 11 is 0. The molecule has 0 atom stereocenters. The largest absolute Gasteiger partial charge is 0.324 e. The van der Waals surface area contributed by atoms with Crippen molar-refractivity contribution in [1.82, 2.24) is 24.7 Å². The van der Waals surface area contributed by atoms with Gasteiger partial charge in [-0.3, -0.25) is 0 Å². The van der Waals surface area contributed by atoms with Gasteiger partial charge in [-0.05, 0) is 38.0 Å². The number of nitrogens with zero attached hydrogens (tertiary/aromatic N) is 6. The van der Waals surface area contributed by atoms with Gasteiger partial charge in [0.15, 0.2) is 11.6 Å². The zero-order valence-electron chi connectivity index (χ0n) is 18.5. The fourth-order valence-electron chi connectivity index (χ4n) is 3.89. The third-order valence-electron chi connectivity index (χ3n) is 5.50. The van der Waals surface area contributed by atoms with E-state index in [0.29, 0.717) is 28.8 Å². The quantitative estimate of drug-likeness (QED) is 0.409. The zero-order chi connectivity index (χ0) is 22.9. The molecule has 5 aromatic rings. The number of aryl methyl sites for hydroxylation is 3. The summed E-state index contributed by atoms with van der Waals surface area (Å²) in [5.74, 6) is 2.34. The number of anilines is 2. The Morgan fingerprint density at radius 3 is 2.48 bits per heavy atom. The van der Waals surface area contributed by atoms with Gasteiger partial charge in [-0.1, -0.05) is 48.5 Å². The van der Waals surface area contributed by atoms with Crippen molar-refractivity contribution in [2.24, 2.45) is 0 Å². The molecule has 0 radical (unpaired) electrons. The van der Waals surface area contributed by atoms with Gasteiger partial charge in [0.1, 0.15) is 23.3 Å². The first-order chi connectivity index (χ1) is 16.0. The molecule has 0 aliphatic rings. The summed E-state index contributed by atoms with van der Waals surface area (Å²) in [4.78, 5) is 14.0. The van der Waals surface area contributed by atoms with Crippen LogP contribution in [0.5, 0.6) is 0 Å². The van der Waals surface area contributed by atoms with Crippen LogP contribution >= 0.6 is 0 Å². The van der Waals surface area contributed by atoms with Crippen LogP contribution in [-0.4, -0.2) is 24.7 Å². The number of pyridine rings is 1. The summed E-state index contributed by atoms with van der Waals surface area (Å²) in [6.07, 6.45) is 1.54. The molecule has 0 spiro atoms. The number of rotatable bonds is 4. The molecule has 7 nitrogen and oxygen atoms in total. The number of nitrogens with one attached hydrogen (secondary N) is 1. The molecule has 7 heteroatoms. The lowest BCUT2D eigenvalue weighted by molar-refractivity contribution is 0.857. The van der Waals surface area contributed by atoms with Gasteiger partial charge in [0.05, 0.1) is 17.4 Å². The van der Waals surface area contributed by atoms with Gasteiger partial charge in [-0.2, -0.15) is 15.0 Å². The minimum Gasteiger partial charge on any atom is -0.324 e. The highest BCUT2D eigenvalue weighted by Gasteiger charge is 2.17. The fraction of sp³-hybridized carbons (Fsp3) is 0.115. The van der Waals surface area contributed by atoms with Crippen LogP contribution in [0.2, 0.25) is 0 Å². The molecule has 0 aliphatic heterocycles. The van der Waals surface area contributed by atoms with E-state index in [2.05, 4.69) is 39.4 Å². The molecule has 1 N–H and O–H groups in total. The van der Waals surface area contributed by atoms with E-state index in [-0.39, 0.29) is 0 Å². The minimum absolute atomic E-state index is 0.400. The van der Waals surface area contributed by atoms with Crippen LogP contribution in [0.4, 0.5) is 11.6 Å². The second kappa shape index (κ2) is 8.17. The smallest absolute Gasteiger partial charge is 0.156 e. The van der Waals surface area contributed by atoms with E-state index in [0.717, 1.165) is 33.3 Å². The third-order valence-corrected chi connectivity index (χ3v) is 5.50. The molecule has 160 valence electrons. The maximum Gasteiger partial charge on any atom is 0.156 e. The average Bonchev–Trinajstić information content (AvgIpc) is 3.22. The van der Waals surface area contributed by atoms with Gasteiger partial charge in [0.25, 0.3) is 0 Å². The number of nitriles is 1. The highest BCUT2D eigenvalue weighted by atomic mass is 15.4. The van der Waals surface area contributed by atoms with Crippen molar-refractivity contribution >= 4 is 22.5 Å². The van der Waals surface area contributed by atoms with Crippen molar-refractivity contribution in [1.29, 1.82) is 5.26 Å². The number of para-hydroxylation sites is 1. The Hall–Kier alpha value is -4.57. The Labute approximate surface area is 191 Å². The first-order valence-corrected chi connectivity index (χ1v) is 10.6. The topological polar surface area (TPSA) is 92.3 Å². The molecule has 3 heterocycles. The lowest BCUT2D eigenvalue weighted by Crippen LogP contribution is -2.08. The lowest BCUT2D eigenvalue weighted by atomic mass is 10.1. The molecule has 2 aromatic carbocycles. The summed E-state index contributed by atoms with van der Waals surface area (Å²) < 4.78 is 1.65. The van der Waals surface area contributed by atoms with Crippen LogP contribution in [0.3, 0.4) is 0 Å². The summed E-state index contributed by atoms with van der Waals surface area (Å²) in [7, 11) is 0. The van der Waals surface area contributed by atoms with Gasteiger partial charge in [-0.25, -0.2) is 15.0 Å². The van der Waals surface area contributed by atoms with Crippen LogP contribution in [-0.2, 0) is 0 Å². The Morgan fingerprint density at radius 2 is 1.70 bits per heavy atom. The highest BCUT2D eigenvalue weighted by molar-refractivity contribution is 5.85.